The van der Waals surface area contributed by atoms with Crippen LogP contribution in [0, 0.1) is 5.92 Å². The summed E-state index contributed by atoms with van der Waals surface area (Å²) in [6.45, 7) is 10.2. The molecule has 1 unspecified atom stereocenters. The van der Waals surface area contributed by atoms with E-state index < -0.39 is 0 Å². The predicted octanol–water partition coefficient (Wildman–Crippen LogP) is 2.68. The van der Waals surface area contributed by atoms with Gasteiger partial charge in [-0.05, 0) is 19.3 Å². The zero-order chi connectivity index (χ0) is 10.3. The van der Waals surface area contributed by atoms with Crippen molar-refractivity contribution in [2.45, 2.75) is 47.0 Å². The summed E-state index contributed by atoms with van der Waals surface area (Å²) in [5.41, 5.74) is 0. The van der Waals surface area contributed by atoms with Crippen LogP contribution in [0.15, 0.2) is 0 Å². The minimum Gasteiger partial charge on any atom is -0.343 e. The molecule has 0 aliphatic rings. The van der Waals surface area contributed by atoms with E-state index in [2.05, 4.69) is 20.8 Å². The third-order valence-corrected chi connectivity index (χ3v) is 2.45. The van der Waals surface area contributed by atoms with Gasteiger partial charge >= 0.3 is 0 Å². The summed E-state index contributed by atoms with van der Waals surface area (Å²) in [7, 11) is 0. The fourth-order valence-corrected chi connectivity index (χ4v) is 1.30. The van der Waals surface area contributed by atoms with Crippen LogP contribution >= 0.6 is 0 Å². The Morgan fingerprint density at radius 3 is 2.31 bits per heavy atom. The summed E-state index contributed by atoms with van der Waals surface area (Å²) in [4.78, 5) is 13.6. The highest BCUT2D eigenvalue weighted by atomic mass is 16.2. The second kappa shape index (κ2) is 6.93. The van der Waals surface area contributed by atoms with Gasteiger partial charge in [0.2, 0.25) is 5.91 Å². The van der Waals surface area contributed by atoms with E-state index in [1.165, 1.54) is 0 Å². The van der Waals surface area contributed by atoms with Gasteiger partial charge in [0.25, 0.3) is 0 Å². The quantitative estimate of drug-likeness (QED) is 0.623. The first-order valence-corrected chi connectivity index (χ1v) is 5.43. The molecule has 2 nitrogen and oxygen atoms in total. The molecule has 2 heteroatoms. The number of rotatable bonds is 6. The summed E-state index contributed by atoms with van der Waals surface area (Å²) in [5.74, 6) is 0.845. The Balaban J connectivity index is 3.90. The van der Waals surface area contributed by atoms with Crippen molar-refractivity contribution in [3.63, 3.8) is 0 Å². The summed E-state index contributed by atoms with van der Waals surface area (Å²) in [6, 6.07) is 0. The van der Waals surface area contributed by atoms with Gasteiger partial charge in [0.15, 0.2) is 0 Å². The van der Waals surface area contributed by atoms with Gasteiger partial charge in [-0.2, -0.15) is 0 Å². The lowest BCUT2D eigenvalue weighted by molar-refractivity contribution is -0.131. The van der Waals surface area contributed by atoms with Crippen molar-refractivity contribution >= 4 is 5.91 Å². The predicted molar refractivity (Wildman–Crippen MR) is 56.6 cm³/mol. The Bertz CT molecular complexity index is 145. The van der Waals surface area contributed by atoms with E-state index >= 15 is 0 Å². The first-order valence-electron chi connectivity index (χ1n) is 5.43. The van der Waals surface area contributed by atoms with Crippen molar-refractivity contribution in [1.82, 2.24) is 4.90 Å². The van der Waals surface area contributed by atoms with E-state index in [-0.39, 0.29) is 0 Å². The van der Waals surface area contributed by atoms with Gasteiger partial charge in [-0.3, -0.25) is 4.79 Å². The molecule has 0 aliphatic heterocycles. The average molecular weight is 185 g/mol. The average Bonchev–Trinajstić information content (AvgIpc) is 2.13. The minimum absolute atomic E-state index is 0.318. The molecule has 0 radical (unpaired) electrons. The molecule has 0 aliphatic carbocycles. The molecule has 78 valence electrons. The van der Waals surface area contributed by atoms with E-state index in [0.29, 0.717) is 18.2 Å². The highest BCUT2D eigenvalue weighted by Crippen LogP contribution is 2.09. The van der Waals surface area contributed by atoms with Crippen molar-refractivity contribution in [2.24, 2.45) is 5.92 Å². The topological polar surface area (TPSA) is 20.3 Å². The van der Waals surface area contributed by atoms with Crippen molar-refractivity contribution in [3.8, 4) is 0 Å². The molecule has 0 aromatic carbocycles. The molecule has 0 saturated carbocycles. The summed E-state index contributed by atoms with van der Waals surface area (Å²) >= 11 is 0. The van der Waals surface area contributed by atoms with Gasteiger partial charge in [0, 0.05) is 19.5 Å². The first kappa shape index (κ1) is 12.5. The van der Waals surface area contributed by atoms with Gasteiger partial charge in [-0.15, -0.1) is 0 Å². The van der Waals surface area contributed by atoms with E-state index in [1.807, 2.05) is 11.8 Å². The second-order valence-corrected chi connectivity index (χ2v) is 3.69. The summed E-state index contributed by atoms with van der Waals surface area (Å²) in [5, 5.41) is 0. The van der Waals surface area contributed by atoms with Crippen LogP contribution in [-0.2, 0) is 4.79 Å². The van der Waals surface area contributed by atoms with Crippen LogP contribution in [0.1, 0.15) is 47.0 Å². The maximum absolute atomic E-state index is 11.7. The third kappa shape index (κ3) is 4.91. The lowest BCUT2D eigenvalue weighted by atomic mass is 10.0. The lowest BCUT2D eigenvalue weighted by Crippen LogP contribution is -2.32. The van der Waals surface area contributed by atoms with E-state index in [1.54, 1.807) is 0 Å². The van der Waals surface area contributed by atoms with Crippen molar-refractivity contribution < 1.29 is 4.79 Å². The largest absolute Gasteiger partial charge is 0.343 e. The molecular weight excluding hydrogens is 162 g/mol. The first-order chi connectivity index (χ1) is 6.15. The van der Waals surface area contributed by atoms with Gasteiger partial charge < -0.3 is 4.90 Å². The molecule has 13 heavy (non-hydrogen) atoms. The molecule has 0 aromatic rings. The highest BCUT2D eigenvalue weighted by Gasteiger charge is 2.12. The van der Waals surface area contributed by atoms with Crippen LogP contribution in [0.2, 0.25) is 0 Å². The Kier molecular flexibility index (Phi) is 6.65. The fraction of sp³-hybridized carbons (Fsp3) is 0.909. The Morgan fingerprint density at radius 1 is 1.31 bits per heavy atom. The number of carbonyl (C=O) groups is 1. The third-order valence-electron chi connectivity index (χ3n) is 2.45. The Hall–Kier alpha value is -0.530. The lowest BCUT2D eigenvalue weighted by Gasteiger charge is -2.21. The Morgan fingerprint density at radius 2 is 1.92 bits per heavy atom. The van der Waals surface area contributed by atoms with Gasteiger partial charge in [0.05, 0.1) is 0 Å². The minimum atomic E-state index is 0.318. The van der Waals surface area contributed by atoms with Crippen LogP contribution in [-0.4, -0.2) is 23.9 Å². The number of amides is 1. The van der Waals surface area contributed by atoms with Crippen molar-refractivity contribution in [1.29, 1.82) is 0 Å². The van der Waals surface area contributed by atoms with Crippen LogP contribution in [0.5, 0.6) is 0 Å². The Labute approximate surface area is 82.3 Å². The molecule has 0 heterocycles. The second-order valence-electron chi connectivity index (χ2n) is 3.69. The maximum atomic E-state index is 11.7. The van der Waals surface area contributed by atoms with Crippen LogP contribution < -0.4 is 0 Å². The number of hydrogen-bond acceptors (Lipinski definition) is 1. The van der Waals surface area contributed by atoms with Crippen LogP contribution in [0.3, 0.4) is 0 Å². The highest BCUT2D eigenvalue weighted by molar-refractivity contribution is 5.76. The maximum Gasteiger partial charge on any atom is 0.222 e. The standard InChI is InChI=1S/C11H23NO/c1-5-8-12(7-3)11(13)9-10(4)6-2/h10H,5-9H2,1-4H3. The van der Waals surface area contributed by atoms with Gasteiger partial charge in [0.1, 0.15) is 0 Å². The SMILES string of the molecule is CCCN(CC)C(=O)CC(C)CC. The van der Waals surface area contributed by atoms with E-state index in [9.17, 15) is 4.79 Å². The summed E-state index contributed by atoms with van der Waals surface area (Å²) in [6.07, 6.45) is 2.86. The van der Waals surface area contributed by atoms with Crippen LogP contribution in [0.4, 0.5) is 0 Å². The zero-order valence-electron chi connectivity index (χ0n) is 9.47. The van der Waals surface area contributed by atoms with Gasteiger partial charge in [-0.25, -0.2) is 0 Å². The number of carbonyl (C=O) groups excluding carboxylic acids is 1. The number of hydrogen-bond donors (Lipinski definition) is 0. The smallest absolute Gasteiger partial charge is 0.222 e. The van der Waals surface area contributed by atoms with Gasteiger partial charge in [-0.1, -0.05) is 27.2 Å². The summed E-state index contributed by atoms with van der Waals surface area (Å²) < 4.78 is 0. The molecule has 0 rings (SSSR count). The van der Waals surface area contributed by atoms with E-state index in [4.69, 9.17) is 0 Å². The zero-order valence-corrected chi connectivity index (χ0v) is 9.47. The van der Waals surface area contributed by atoms with Crippen molar-refractivity contribution in [2.75, 3.05) is 13.1 Å². The molecule has 1 atom stereocenters. The fourth-order valence-electron chi connectivity index (χ4n) is 1.30. The molecule has 0 fully saturated rings. The molecule has 0 spiro atoms. The molecule has 0 N–H and O–H groups in total. The molecular formula is C11H23NO. The van der Waals surface area contributed by atoms with Crippen molar-refractivity contribution in [3.05, 3.63) is 0 Å². The molecule has 1 amide bonds. The van der Waals surface area contributed by atoms with E-state index in [0.717, 1.165) is 25.9 Å². The normalized spacial score (nSPS) is 12.6. The molecule has 0 bridgehead atoms. The monoisotopic (exact) mass is 185 g/mol. The van der Waals surface area contributed by atoms with Crippen LogP contribution in [0.25, 0.3) is 0 Å². The molecule has 0 saturated heterocycles. The molecule has 0 aromatic heterocycles. The number of nitrogens with zero attached hydrogens (tertiary/aromatic N) is 1.